The van der Waals surface area contributed by atoms with Gasteiger partial charge in [-0.1, -0.05) is 29.8 Å². The lowest BCUT2D eigenvalue weighted by Gasteiger charge is -2.07. The van der Waals surface area contributed by atoms with Gasteiger partial charge in [0.2, 0.25) is 0 Å². The number of nitrogens with one attached hydrogen (secondary N) is 1. The molecule has 2 aromatic carbocycles. The molecular formula is C19H19N3O2. The van der Waals surface area contributed by atoms with Crippen LogP contribution in [0.5, 0.6) is 5.75 Å². The summed E-state index contributed by atoms with van der Waals surface area (Å²) in [4.78, 5) is 12.4. The maximum Gasteiger partial charge on any atom is 0.276 e. The summed E-state index contributed by atoms with van der Waals surface area (Å²) < 4.78 is 7.07. The first kappa shape index (κ1) is 15.8. The molecule has 5 nitrogen and oxygen atoms in total. The Labute approximate surface area is 140 Å². The van der Waals surface area contributed by atoms with Crippen molar-refractivity contribution in [3.05, 3.63) is 65.9 Å². The number of carbonyl (C=O) groups is 1. The lowest BCUT2D eigenvalue weighted by molar-refractivity contribution is 0.102. The molecule has 5 heteroatoms. The first-order valence-corrected chi connectivity index (χ1v) is 7.64. The SMILES string of the molecule is COc1ccccc1-c1cc(C(=O)Nc2ccc(C)cc2)nn1C. The van der Waals surface area contributed by atoms with E-state index in [1.807, 2.05) is 62.5 Å². The number of anilines is 1. The van der Waals surface area contributed by atoms with Crippen LogP contribution >= 0.6 is 0 Å². The van der Waals surface area contributed by atoms with Gasteiger partial charge < -0.3 is 10.1 Å². The van der Waals surface area contributed by atoms with Crippen LogP contribution in [-0.4, -0.2) is 22.8 Å². The van der Waals surface area contributed by atoms with E-state index in [9.17, 15) is 4.79 Å². The highest BCUT2D eigenvalue weighted by Crippen LogP contribution is 2.29. The molecular weight excluding hydrogens is 302 g/mol. The molecule has 0 spiro atoms. The molecule has 0 radical (unpaired) electrons. The molecule has 3 rings (SSSR count). The molecule has 1 N–H and O–H groups in total. The van der Waals surface area contributed by atoms with Crippen LogP contribution in [0.3, 0.4) is 0 Å². The minimum absolute atomic E-state index is 0.240. The third kappa shape index (κ3) is 3.15. The first-order chi connectivity index (χ1) is 11.6. The highest BCUT2D eigenvalue weighted by Gasteiger charge is 2.16. The smallest absolute Gasteiger partial charge is 0.276 e. The third-order valence-corrected chi connectivity index (χ3v) is 3.80. The monoisotopic (exact) mass is 321 g/mol. The third-order valence-electron chi connectivity index (χ3n) is 3.80. The van der Waals surface area contributed by atoms with Gasteiger partial charge in [-0.15, -0.1) is 0 Å². The van der Waals surface area contributed by atoms with Gasteiger partial charge in [0.05, 0.1) is 12.8 Å². The molecule has 0 saturated carbocycles. The topological polar surface area (TPSA) is 56.1 Å². The fourth-order valence-electron chi connectivity index (χ4n) is 2.52. The zero-order chi connectivity index (χ0) is 17.1. The molecule has 1 amide bonds. The first-order valence-electron chi connectivity index (χ1n) is 7.64. The van der Waals surface area contributed by atoms with Crippen LogP contribution in [-0.2, 0) is 7.05 Å². The van der Waals surface area contributed by atoms with Crippen molar-refractivity contribution >= 4 is 11.6 Å². The number of hydrogen-bond donors (Lipinski definition) is 1. The average Bonchev–Trinajstić information content (AvgIpc) is 2.98. The van der Waals surface area contributed by atoms with E-state index in [0.717, 1.165) is 28.3 Å². The zero-order valence-corrected chi connectivity index (χ0v) is 13.9. The van der Waals surface area contributed by atoms with Gasteiger partial charge in [-0.25, -0.2) is 0 Å². The number of hydrogen-bond acceptors (Lipinski definition) is 3. The summed E-state index contributed by atoms with van der Waals surface area (Å²) >= 11 is 0. The van der Waals surface area contributed by atoms with Crippen LogP contribution < -0.4 is 10.1 Å². The highest BCUT2D eigenvalue weighted by atomic mass is 16.5. The van der Waals surface area contributed by atoms with E-state index in [1.54, 1.807) is 17.9 Å². The Bertz CT molecular complexity index is 867. The van der Waals surface area contributed by atoms with Crippen LogP contribution in [0.2, 0.25) is 0 Å². The normalized spacial score (nSPS) is 10.5. The Morgan fingerprint density at radius 3 is 2.54 bits per heavy atom. The van der Waals surface area contributed by atoms with Crippen molar-refractivity contribution in [1.82, 2.24) is 9.78 Å². The van der Waals surface area contributed by atoms with Gasteiger partial charge in [-0.05, 0) is 37.3 Å². The summed E-state index contributed by atoms with van der Waals surface area (Å²) in [5.41, 5.74) is 3.96. The number of nitrogens with zero attached hydrogens (tertiary/aromatic N) is 2. The molecule has 1 aromatic heterocycles. The average molecular weight is 321 g/mol. The maximum absolute atomic E-state index is 12.4. The van der Waals surface area contributed by atoms with Crippen molar-refractivity contribution in [3.63, 3.8) is 0 Å². The summed E-state index contributed by atoms with van der Waals surface area (Å²) in [6.45, 7) is 2.00. The molecule has 1 heterocycles. The van der Waals surface area contributed by atoms with Gasteiger partial charge in [0, 0.05) is 18.3 Å². The number of benzene rings is 2. The van der Waals surface area contributed by atoms with Gasteiger partial charge >= 0.3 is 0 Å². The highest BCUT2D eigenvalue weighted by molar-refractivity contribution is 6.03. The number of amides is 1. The number of rotatable bonds is 4. The second kappa shape index (κ2) is 6.58. The zero-order valence-electron chi connectivity index (χ0n) is 13.9. The number of para-hydroxylation sites is 1. The lowest BCUT2D eigenvalue weighted by Crippen LogP contribution is -2.12. The van der Waals surface area contributed by atoms with E-state index in [1.165, 1.54) is 0 Å². The number of aryl methyl sites for hydroxylation is 2. The second-order valence-corrected chi connectivity index (χ2v) is 5.56. The fraction of sp³-hybridized carbons (Fsp3) is 0.158. The van der Waals surface area contributed by atoms with Crippen LogP contribution in [0.15, 0.2) is 54.6 Å². The van der Waals surface area contributed by atoms with Crippen molar-refractivity contribution in [2.75, 3.05) is 12.4 Å². The van der Waals surface area contributed by atoms with E-state index in [0.29, 0.717) is 5.69 Å². The summed E-state index contributed by atoms with van der Waals surface area (Å²) in [5.74, 6) is 0.501. The number of ether oxygens (including phenoxy) is 1. The molecule has 0 saturated heterocycles. The molecule has 0 unspecified atom stereocenters. The van der Waals surface area contributed by atoms with Gasteiger partial charge in [0.15, 0.2) is 5.69 Å². The quantitative estimate of drug-likeness (QED) is 0.798. The van der Waals surface area contributed by atoms with E-state index in [2.05, 4.69) is 10.4 Å². The Kier molecular flexibility index (Phi) is 4.33. The standard InChI is InChI=1S/C19H19N3O2/c1-13-8-10-14(11-9-13)20-19(23)16-12-17(22(2)21-16)15-6-4-5-7-18(15)24-3/h4-12H,1-3H3,(H,20,23). The molecule has 122 valence electrons. The molecule has 0 atom stereocenters. The van der Waals surface area contributed by atoms with Gasteiger partial charge in [0.25, 0.3) is 5.91 Å². The van der Waals surface area contributed by atoms with Crippen molar-refractivity contribution in [1.29, 1.82) is 0 Å². The van der Waals surface area contributed by atoms with Gasteiger partial charge in [-0.3, -0.25) is 9.48 Å². The molecule has 0 aliphatic heterocycles. The predicted octanol–water partition coefficient (Wildman–Crippen LogP) is 3.66. The lowest BCUT2D eigenvalue weighted by atomic mass is 10.1. The van der Waals surface area contributed by atoms with E-state index >= 15 is 0 Å². The summed E-state index contributed by atoms with van der Waals surface area (Å²) in [7, 11) is 3.44. The Morgan fingerprint density at radius 1 is 1.12 bits per heavy atom. The maximum atomic E-state index is 12.4. The predicted molar refractivity (Wildman–Crippen MR) is 94.3 cm³/mol. The summed E-state index contributed by atoms with van der Waals surface area (Å²) in [6, 6.07) is 17.1. The molecule has 0 aliphatic carbocycles. The molecule has 0 fully saturated rings. The van der Waals surface area contributed by atoms with Crippen molar-refractivity contribution in [2.45, 2.75) is 6.92 Å². The largest absolute Gasteiger partial charge is 0.496 e. The van der Waals surface area contributed by atoms with Crippen LogP contribution in [0, 0.1) is 6.92 Å². The Morgan fingerprint density at radius 2 is 1.83 bits per heavy atom. The van der Waals surface area contributed by atoms with E-state index < -0.39 is 0 Å². The number of methoxy groups -OCH3 is 1. The van der Waals surface area contributed by atoms with Crippen LogP contribution in [0.4, 0.5) is 5.69 Å². The van der Waals surface area contributed by atoms with Crippen LogP contribution in [0.1, 0.15) is 16.1 Å². The van der Waals surface area contributed by atoms with Gasteiger partial charge in [-0.2, -0.15) is 5.10 Å². The summed E-state index contributed by atoms with van der Waals surface area (Å²) in [6.07, 6.45) is 0. The van der Waals surface area contributed by atoms with Gasteiger partial charge in [0.1, 0.15) is 5.75 Å². The van der Waals surface area contributed by atoms with Crippen molar-refractivity contribution < 1.29 is 9.53 Å². The fourth-order valence-corrected chi connectivity index (χ4v) is 2.52. The minimum atomic E-state index is -0.240. The number of aromatic nitrogens is 2. The Balaban J connectivity index is 1.88. The molecule has 0 bridgehead atoms. The Hall–Kier alpha value is -3.08. The van der Waals surface area contributed by atoms with E-state index in [-0.39, 0.29) is 5.91 Å². The molecule has 24 heavy (non-hydrogen) atoms. The molecule has 0 aliphatic rings. The van der Waals surface area contributed by atoms with E-state index in [4.69, 9.17) is 4.74 Å². The summed E-state index contributed by atoms with van der Waals surface area (Å²) in [5, 5.41) is 7.19. The van der Waals surface area contributed by atoms with Crippen molar-refractivity contribution in [3.8, 4) is 17.0 Å². The molecule has 3 aromatic rings. The van der Waals surface area contributed by atoms with Crippen LogP contribution in [0.25, 0.3) is 11.3 Å². The number of carbonyl (C=O) groups excluding carboxylic acids is 1. The van der Waals surface area contributed by atoms with Crippen molar-refractivity contribution in [2.24, 2.45) is 7.05 Å². The second-order valence-electron chi connectivity index (χ2n) is 5.56. The minimum Gasteiger partial charge on any atom is -0.496 e.